The molecule has 2 aliphatic rings. The third kappa shape index (κ3) is 5.15. The number of fused-ring (bicyclic) bond motifs is 3. The number of carbonyl (C=O) groups is 3. The molecule has 2 aliphatic heterocycles. The Balaban J connectivity index is 1.74. The lowest BCUT2D eigenvalue weighted by Gasteiger charge is -2.34. The van der Waals surface area contributed by atoms with Gasteiger partial charge in [-0.15, -0.1) is 0 Å². The minimum Gasteiger partial charge on any atom is -0.367 e. The Bertz CT molecular complexity index is 751. The molecule has 158 valence electrons. The van der Waals surface area contributed by atoms with E-state index in [2.05, 4.69) is 10.6 Å². The van der Waals surface area contributed by atoms with Crippen LogP contribution >= 0.6 is 0 Å². The molecule has 0 saturated carbocycles. The first-order valence-electron chi connectivity index (χ1n) is 10.7. The fraction of sp³-hybridized carbons (Fsp3) is 0.591. The van der Waals surface area contributed by atoms with Gasteiger partial charge in [0.1, 0.15) is 6.54 Å². The summed E-state index contributed by atoms with van der Waals surface area (Å²) in [5.41, 5.74) is -0.491. The Kier molecular flexibility index (Phi) is 7.25. The molecule has 7 nitrogen and oxygen atoms in total. The van der Waals surface area contributed by atoms with Crippen LogP contribution in [0.1, 0.15) is 73.7 Å². The number of hydrogen-bond donors (Lipinski definition) is 3. The van der Waals surface area contributed by atoms with E-state index in [0.717, 1.165) is 44.9 Å². The smallest absolute Gasteiger partial charge is 0.257 e. The summed E-state index contributed by atoms with van der Waals surface area (Å²) >= 11 is 0. The molecule has 0 aliphatic carbocycles. The van der Waals surface area contributed by atoms with E-state index in [1.54, 1.807) is 24.3 Å². The molecule has 1 unspecified atom stereocenters. The van der Waals surface area contributed by atoms with Crippen molar-refractivity contribution >= 4 is 17.7 Å². The van der Waals surface area contributed by atoms with Crippen molar-refractivity contribution in [3.05, 3.63) is 35.4 Å². The van der Waals surface area contributed by atoms with Gasteiger partial charge in [0.25, 0.3) is 5.91 Å². The molecule has 1 saturated heterocycles. The fourth-order valence-corrected chi connectivity index (χ4v) is 4.18. The summed E-state index contributed by atoms with van der Waals surface area (Å²) < 4.78 is 0. The molecule has 3 rings (SSSR count). The summed E-state index contributed by atoms with van der Waals surface area (Å²) in [6, 6.07) is 6.99. The molecule has 1 aromatic carbocycles. The second-order valence-corrected chi connectivity index (χ2v) is 7.96. The van der Waals surface area contributed by atoms with E-state index in [-0.39, 0.29) is 24.9 Å². The van der Waals surface area contributed by atoms with E-state index in [4.69, 9.17) is 0 Å². The number of hydrogen-bond acceptors (Lipinski definition) is 4. The predicted molar refractivity (Wildman–Crippen MR) is 109 cm³/mol. The molecule has 29 heavy (non-hydrogen) atoms. The lowest BCUT2D eigenvalue weighted by atomic mass is 9.95. The van der Waals surface area contributed by atoms with Crippen molar-refractivity contribution in [2.45, 2.75) is 63.5 Å². The van der Waals surface area contributed by atoms with Crippen molar-refractivity contribution in [2.24, 2.45) is 0 Å². The predicted octanol–water partition coefficient (Wildman–Crippen LogP) is 2.04. The van der Waals surface area contributed by atoms with E-state index in [1.165, 1.54) is 11.3 Å². The van der Waals surface area contributed by atoms with E-state index in [9.17, 15) is 19.5 Å². The number of nitrogens with zero attached hydrogens (tertiary/aromatic N) is 1. The second kappa shape index (κ2) is 9.87. The first-order valence-corrected chi connectivity index (χ1v) is 10.7. The summed E-state index contributed by atoms with van der Waals surface area (Å²) in [5, 5.41) is 16.8. The standard InChI is InChI=1S/C22H31N3O4/c26-19-15-24-20(27)16-25-21(28)17-11-7-8-12-18(17)22(25,29)13-9-5-3-1-2-4-6-10-14-23-19/h7-8,11-12,29H,1-6,9-10,13-16H2,(H,23,26)(H,24,27). The summed E-state index contributed by atoms with van der Waals surface area (Å²) in [6.45, 7) is 0.192. The zero-order valence-electron chi connectivity index (χ0n) is 16.9. The van der Waals surface area contributed by atoms with Crippen LogP contribution in [0.25, 0.3) is 0 Å². The number of benzene rings is 1. The molecule has 7 heteroatoms. The number of nitrogens with one attached hydrogen (secondary N) is 2. The van der Waals surface area contributed by atoms with E-state index >= 15 is 0 Å². The van der Waals surface area contributed by atoms with E-state index in [0.29, 0.717) is 24.1 Å². The maximum Gasteiger partial charge on any atom is 0.257 e. The minimum atomic E-state index is -1.49. The van der Waals surface area contributed by atoms with Gasteiger partial charge in [0.05, 0.1) is 6.54 Å². The van der Waals surface area contributed by atoms with Gasteiger partial charge in [0.2, 0.25) is 11.8 Å². The van der Waals surface area contributed by atoms with Crippen molar-refractivity contribution in [1.82, 2.24) is 15.5 Å². The van der Waals surface area contributed by atoms with Gasteiger partial charge in [-0.1, -0.05) is 56.7 Å². The monoisotopic (exact) mass is 401 g/mol. The number of rotatable bonds is 0. The molecule has 1 atom stereocenters. The average Bonchev–Trinajstić information content (AvgIpc) is 2.92. The lowest BCUT2D eigenvalue weighted by Crippen LogP contribution is -2.49. The quantitative estimate of drug-likeness (QED) is 0.620. The number of amides is 3. The van der Waals surface area contributed by atoms with E-state index < -0.39 is 11.6 Å². The topological polar surface area (TPSA) is 98.7 Å². The number of carbonyl (C=O) groups excluding carboxylic acids is 3. The molecular weight excluding hydrogens is 370 g/mol. The summed E-state index contributed by atoms with van der Waals surface area (Å²) in [7, 11) is 0. The van der Waals surface area contributed by atoms with Gasteiger partial charge in [-0.05, 0) is 25.3 Å². The minimum absolute atomic E-state index is 0.133. The van der Waals surface area contributed by atoms with E-state index in [1.807, 2.05) is 0 Å². The first-order chi connectivity index (χ1) is 14.0. The van der Waals surface area contributed by atoms with Crippen LogP contribution in [0.5, 0.6) is 0 Å². The van der Waals surface area contributed by atoms with Gasteiger partial charge in [-0.25, -0.2) is 0 Å². The van der Waals surface area contributed by atoms with Gasteiger partial charge in [-0.3, -0.25) is 19.3 Å². The highest BCUT2D eigenvalue weighted by atomic mass is 16.3. The number of aliphatic hydroxyl groups is 1. The summed E-state index contributed by atoms with van der Waals surface area (Å²) in [4.78, 5) is 38.4. The Morgan fingerprint density at radius 2 is 1.48 bits per heavy atom. The molecule has 2 heterocycles. The van der Waals surface area contributed by atoms with Gasteiger partial charge in [-0.2, -0.15) is 0 Å². The third-order valence-corrected chi connectivity index (χ3v) is 5.80. The Morgan fingerprint density at radius 3 is 2.24 bits per heavy atom. The molecule has 1 fully saturated rings. The van der Waals surface area contributed by atoms with Crippen LogP contribution in [0.3, 0.4) is 0 Å². The van der Waals surface area contributed by atoms with Gasteiger partial charge >= 0.3 is 0 Å². The zero-order chi connectivity index (χ0) is 20.7. The summed E-state index contributed by atoms with van der Waals surface area (Å²) in [5.74, 6) is -1.05. The Labute approximate surface area is 171 Å². The van der Waals surface area contributed by atoms with Crippen molar-refractivity contribution in [1.29, 1.82) is 0 Å². The molecule has 1 aromatic rings. The van der Waals surface area contributed by atoms with Gasteiger partial charge in [0.15, 0.2) is 5.72 Å². The first kappa shape index (κ1) is 21.3. The molecule has 0 radical (unpaired) electrons. The van der Waals surface area contributed by atoms with Crippen molar-refractivity contribution < 1.29 is 19.5 Å². The van der Waals surface area contributed by atoms with Crippen molar-refractivity contribution in [3.8, 4) is 0 Å². The highest BCUT2D eigenvalue weighted by molar-refractivity contribution is 6.01. The third-order valence-electron chi connectivity index (χ3n) is 5.80. The van der Waals surface area contributed by atoms with Crippen LogP contribution in [0.15, 0.2) is 24.3 Å². The van der Waals surface area contributed by atoms with Crippen LogP contribution in [-0.4, -0.2) is 47.4 Å². The van der Waals surface area contributed by atoms with Crippen LogP contribution < -0.4 is 10.6 Å². The largest absolute Gasteiger partial charge is 0.367 e. The average molecular weight is 402 g/mol. The Hall–Kier alpha value is -2.41. The second-order valence-electron chi connectivity index (χ2n) is 7.96. The SMILES string of the molecule is O=C1CNC(=O)CN2C(=O)c3ccccc3C2(O)CCCCCCCCCCN1. The maximum atomic E-state index is 12.9. The molecule has 3 N–H and O–H groups in total. The van der Waals surface area contributed by atoms with Crippen LogP contribution in [-0.2, 0) is 15.3 Å². The molecule has 0 spiro atoms. The van der Waals surface area contributed by atoms with Crippen molar-refractivity contribution in [3.63, 3.8) is 0 Å². The van der Waals surface area contributed by atoms with Gasteiger partial charge in [0, 0.05) is 17.7 Å². The molecule has 0 bridgehead atoms. The van der Waals surface area contributed by atoms with Gasteiger partial charge < -0.3 is 15.7 Å². The van der Waals surface area contributed by atoms with Crippen LogP contribution in [0.4, 0.5) is 0 Å². The van der Waals surface area contributed by atoms with Crippen molar-refractivity contribution in [2.75, 3.05) is 19.6 Å². The molecule has 0 aromatic heterocycles. The van der Waals surface area contributed by atoms with Crippen LogP contribution in [0.2, 0.25) is 0 Å². The highest BCUT2D eigenvalue weighted by Crippen LogP contribution is 2.40. The fourth-order valence-electron chi connectivity index (χ4n) is 4.18. The highest BCUT2D eigenvalue weighted by Gasteiger charge is 2.48. The zero-order valence-corrected chi connectivity index (χ0v) is 16.9. The lowest BCUT2D eigenvalue weighted by molar-refractivity contribution is -0.133. The Morgan fingerprint density at radius 1 is 0.828 bits per heavy atom. The summed E-state index contributed by atoms with van der Waals surface area (Å²) in [6.07, 6.45) is 8.72. The normalized spacial score (nSPS) is 25.3. The molecular formula is C22H31N3O4. The van der Waals surface area contributed by atoms with Crippen LogP contribution in [0, 0.1) is 0 Å². The molecule has 3 amide bonds. The maximum absolute atomic E-state index is 12.9.